The van der Waals surface area contributed by atoms with Crippen LogP contribution in [-0.2, 0) is 9.53 Å². The van der Waals surface area contributed by atoms with E-state index >= 15 is 0 Å². The van der Waals surface area contributed by atoms with Crippen molar-refractivity contribution < 1.29 is 23.9 Å². The molecule has 3 heterocycles. The summed E-state index contributed by atoms with van der Waals surface area (Å²) >= 11 is 7.16. The van der Waals surface area contributed by atoms with Crippen LogP contribution in [0, 0.1) is 10.1 Å². The maximum atomic E-state index is 12.5. The number of rotatable bonds is 5. The van der Waals surface area contributed by atoms with E-state index in [0.717, 1.165) is 26.3 Å². The number of methoxy groups -OCH3 is 2. The first kappa shape index (κ1) is 22.5. The normalized spacial score (nSPS) is 24.9. The molecule has 4 rings (SSSR count). The van der Waals surface area contributed by atoms with Crippen LogP contribution in [0.15, 0.2) is 55.9 Å². The molecule has 0 spiro atoms. The summed E-state index contributed by atoms with van der Waals surface area (Å²) in [5.41, 5.74) is 1.85. The SMILES string of the molecule is COc1ccc(C2CC(C3OC([N+](=O)[O-])=CC3=O)N=C3C(Br)=CC(Br)=C(C)N32)cc1OC. The Bertz CT molecular complexity index is 1130. The molecule has 3 aliphatic rings. The Labute approximate surface area is 200 Å². The summed E-state index contributed by atoms with van der Waals surface area (Å²) in [6.07, 6.45) is 2.15. The van der Waals surface area contributed by atoms with Gasteiger partial charge in [0.2, 0.25) is 5.78 Å². The minimum Gasteiger partial charge on any atom is -0.493 e. The van der Waals surface area contributed by atoms with Gasteiger partial charge in [0.25, 0.3) is 0 Å². The van der Waals surface area contributed by atoms with Crippen LogP contribution < -0.4 is 9.47 Å². The molecule has 0 amide bonds. The third kappa shape index (κ3) is 3.83. The van der Waals surface area contributed by atoms with Gasteiger partial charge < -0.3 is 19.1 Å². The van der Waals surface area contributed by atoms with Crippen molar-refractivity contribution in [2.24, 2.45) is 4.99 Å². The predicted octanol–water partition coefficient (Wildman–Crippen LogP) is 4.22. The van der Waals surface area contributed by atoms with Crippen molar-refractivity contribution in [2.45, 2.75) is 31.5 Å². The van der Waals surface area contributed by atoms with E-state index in [9.17, 15) is 14.9 Å². The molecule has 0 fully saturated rings. The quantitative estimate of drug-likeness (QED) is 0.387. The summed E-state index contributed by atoms with van der Waals surface area (Å²) in [5.74, 6) is 0.771. The van der Waals surface area contributed by atoms with Crippen molar-refractivity contribution in [1.29, 1.82) is 0 Å². The first-order valence-corrected chi connectivity index (χ1v) is 11.2. The zero-order valence-corrected chi connectivity index (χ0v) is 20.5. The molecule has 0 bridgehead atoms. The molecular formula is C21H19Br2N3O6. The van der Waals surface area contributed by atoms with E-state index in [1.54, 1.807) is 14.2 Å². The van der Waals surface area contributed by atoms with Crippen molar-refractivity contribution in [1.82, 2.24) is 4.90 Å². The molecule has 0 saturated heterocycles. The number of benzene rings is 1. The van der Waals surface area contributed by atoms with E-state index in [0.29, 0.717) is 23.8 Å². The van der Waals surface area contributed by atoms with Crippen LogP contribution in [0.25, 0.3) is 0 Å². The van der Waals surface area contributed by atoms with Crippen molar-refractivity contribution >= 4 is 43.5 Å². The molecular weight excluding hydrogens is 550 g/mol. The molecule has 3 unspecified atom stereocenters. The molecule has 11 heteroatoms. The zero-order chi connectivity index (χ0) is 23.2. The van der Waals surface area contributed by atoms with Gasteiger partial charge in [0, 0.05) is 10.2 Å². The third-order valence-corrected chi connectivity index (χ3v) is 6.97. The average molecular weight is 569 g/mol. The van der Waals surface area contributed by atoms with E-state index in [2.05, 4.69) is 36.8 Å². The molecule has 1 aromatic carbocycles. The van der Waals surface area contributed by atoms with Gasteiger partial charge in [0.15, 0.2) is 17.6 Å². The molecule has 0 aliphatic carbocycles. The smallest absolute Gasteiger partial charge is 0.432 e. The number of halogens is 2. The highest BCUT2D eigenvalue weighted by molar-refractivity contribution is 9.12. The Morgan fingerprint density at radius 2 is 1.94 bits per heavy atom. The zero-order valence-electron chi connectivity index (χ0n) is 17.4. The van der Waals surface area contributed by atoms with Crippen LogP contribution in [0.3, 0.4) is 0 Å². The summed E-state index contributed by atoms with van der Waals surface area (Å²) in [4.78, 5) is 29.7. The first-order valence-electron chi connectivity index (χ1n) is 9.64. The molecule has 0 N–H and O–H groups in total. The van der Waals surface area contributed by atoms with Gasteiger partial charge in [-0.25, -0.2) is 0 Å². The molecule has 9 nitrogen and oxygen atoms in total. The van der Waals surface area contributed by atoms with Gasteiger partial charge in [0.1, 0.15) is 16.8 Å². The Morgan fingerprint density at radius 1 is 1.22 bits per heavy atom. The molecule has 0 aromatic heterocycles. The van der Waals surface area contributed by atoms with Crippen LogP contribution in [0.1, 0.15) is 24.9 Å². The molecule has 0 radical (unpaired) electrons. The Morgan fingerprint density at radius 3 is 2.56 bits per heavy atom. The highest BCUT2D eigenvalue weighted by atomic mass is 79.9. The summed E-state index contributed by atoms with van der Waals surface area (Å²) < 4.78 is 17.8. The number of nitro groups is 1. The fourth-order valence-corrected chi connectivity index (χ4v) is 5.29. The highest BCUT2D eigenvalue weighted by Gasteiger charge is 2.45. The molecule has 168 valence electrons. The van der Waals surface area contributed by atoms with Crippen LogP contribution in [0.4, 0.5) is 0 Å². The Balaban J connectivity index is 1.78. The van der Waals surface area contributed by atoms with Crippen LogP contribution in [0.5, 0.6) is 11.5 Å². The fourth-order valence-electron chi connectivity index (χ4n) is 4.04. The summed E-state index contributed by atoms with van der Waals surface area (Å²) in [6.45, 7) is 1.97. The van der Waals surface area contributed by atoms with Crippen molar-refractivity contribution in [3.05, 3.63) is 66.6 Å². The Kier molecular flexibility index (Phi) is 6.13. The number of hydrogen-bond acceptors (Lipinski definition) is 8. The number of carbonyl (C=O) groups is 1. The van der Waals surface area contributed by atoms with Crippen molar-refractivity contribution in [3.63, 3.8) is 0 Å². The van der Waals surface area contributed by atoms with E-state index < -0.39 is 28.7 Å². The highest BCUT2D eigenvalue weighted by Crippen LogP contribution is 2.44. The second-order valence-corrected chi connectivity index (χ2v) is 9.07. The molecule has 1 aromatic rings. The number of ketones is 1. The van der Waals surface area contributed by atoms with Crippen LogP contribution >= 0.6 is 31.9 Å². The second-order valence-electron chi connectivity index (χ2n) is 7.36. The monoisotopic (exact) mass is 567 g/mol. The van der Waals surface area contributed by atoms with Gasteiger partial charge in [0.05, 0.1) is 30.8 Å². The molecule has 3 atom stereocenters. The van der Waals surface area contributed by atoms with Gasteiger partial charge in [-0.05, 0) is 69.0 Å². The number of ether oxygens (including phenoxy) is 3. The minimum atomic E-state index is -1.05. The number of fused-ring (bicyclic) bond motifs is 1. The lowest BCUT2D eigenvalue weighted by Crippen LogP contribution is -2.46. The van der Waals surface area contributed by atoms with Gasteiger partial charge in [-0.15, -0.1) is 0 Å². The van der Waals surface area contributed by atoms with Gasteiger partial charge in [-0.1, -0.05) is 6.07 Å². The maximum absolute atomic E-state index is 12.5. The van der Waals surface area contributed by atoms with Crippen LogP contribution in [-0.4, -0.2) is 47.8 Å². The van der Waals surface area contributed by atoms with Crippen LogP contribution in [0.2, 0.25) is 0 Å². The number of nitrogens with zero attached hydrogens (tertiary/aromatic N) is 3. The number of carbonyl (C=O) groups excluding carboxylic acids is 1. The first-order chi connectivity index (χ1) is 15.2. The summed E-state index contributed by atoms with van der Waals surface area (Å²) in [7, 11) is 3.13. The largest absolute Gasteiger partial charge is 0.493 e. The van der Waals surface area contributed by atoms with Crippen molar-refractivity contribution in [3.8, 4) is 11.5 Å². The van der Waals surface area contributed by atoms with Crippen molar-refractivity contribution in [2.75, 3.05) is 14.2 Å². The van der Waals surface area contributed by atoms with Gasteiger partial charge in [-0.3, -0.25) is 19.9 Å². The minimum absolute atomic E-state index is 0.239. The molecule has 3 aliphatic heterocycles. The lowest BCUT2D eigenvalue weighted by molar-refractivity contribution is -0.463. The number of hydrogen-bond donors (Lipinski definition) is 0. The van der Waals surface area contributed by atoms with Gasteiger partial charge in [-0.2, -0.15) is 0 Å². The number of aliphatic imine (C=N–C) groups is 1. The predicted molar refractivity (Wildman–Crippen MR) is 124 cm³/mol. The standard InChI is InChI=1S/C21H19Br2N3O6/c1-10-12(22)7-13(23)21-24-14(20-16(27)9-19(32-20)26(28)29)8-15(25(10)21)11-4-5-17(30-2)18(6-11)31-3/h4-7,9,14-15,20H,8H2,1-3H3. The molecule has 32 heavy (non-hydrogen) atoms. The summed E-state index contributed by atoms with van der Waals surface area (Å²) in [5, 5.41) is 11.1. The van der Waals surface area contributed by atoms with E-state index in [-0.39, 0.29) is 6.04 Å². The van der Waals surface area contributed by atoms with E-state index in [4.69, 9.17) is 19.2 Å². The van der Waals surface area contributed by atoms with E-state index in [1.165, 1.54) is 0 Å². The lowest BCUT2D eigenvalue weighted by Gasteiger charge is -2.43. The Hall–Kier alpha value is -2.66. The third-order valence-electron chi connectivity index (χ3n) is 5.58. The number of amidine groups is 1. The molecule has 0 saturated carbocycles. The average Bonchev–Trinajstić information content (AvgIpc) is 3.18. The summed E-state index contributed by atoms with van der Waals surface area (Å²) in [6, 6.07) is 4.77. The number of allylic oxidation sites excluding steroid dienone is 3. The van der Waals surface area contributed by atoms with Gasteiger partial charge >= 0.3 is 5.88 Å². The van der Waals surface area contributed by atoms with E-state index in [1.807, 2.05) is 31.2 Å². The maximum Gasteiger partial charge on any atom is 0.432 e. The lowest BCUT2D eigenvalue weighted by atomic mass is 9.90. The topological polar surface area (TPSA) is 103 Å². The fraction of sp³-hybridized carbons (Fsp3) is 0.333. The second kappa shape index (κ2) is 8.70.